The van der Waals surface area contributed by atoms with Gasteiger partial charge in [-0.05, 0) is 13.2 Å². The van der Waals surface area contributed by atoms with Crippen LogP contribution in [0.4, 0.5) is 5.69 Å². The van der Waals surface area contributed by atoms with E-state index in [1.54, 1.807) is 7.05 Å². The molecule has 0 radical (unpaired) electrons. The first-order valence-corrected chi connectivity index (χ1v) is 6.85. The summed E-state index contributed by atoms with van der Waals surface area (Å²) in [5.74, 6) is 0. The van der Waals surface area contributed by atoms with Crippen LogP contribution in [0.25, 0.3) is 0 Å². The first kappa shape index (κ1) is 15.3. The van der Waals surface area contributed by atoms with Gasteiger partial charge in [0.15, 0.2) is 5.17 Å². The standard InChI is InChI=1S/C12H18N4O2S/c1-8(2)6-13-11(19-5)14-9-7-15(3)12(18)16(4)10(9)17/h7H,1,6H2,2-5H3,(H,13,14). The van der Waals surface area contributed by atoms with E-state index in [2.05, 4.69) is 16.9 Å². The minimum absolute atomic E-state index is 0.319. The number of anilines is 1. The zero-order chi connectivity index (χ0) is 14.6. The van der Waals surface area contributed by atoms with Crippen molar-refractivity contribution in [1.29, 1.82) is 0 Å². The second-order valence-corrected chi connectivity index (χ2v) is 5.00. The number of hydrogen-bond donors (Lipinski definition) is 1. The molecule has 0 unspecified atom stereocenters. The molecule has 1 rings (SSSR count). The van der Waals surface area contributed by atoms with Gasteiger partial charge in [-0.1, -0.05) is 23.9 Å². The van der Waals surface area contributed by atoms with Crippen LogP contribution in [0.2, 0.25) is 0 Å². The zero-order valence-electron chi connectivity index (χ0n) is 11.6. The van der Waals surface area contributed by atoms with Crippen LogP contribution in [-0.4, -0.2) is 27.1 Å². The van der Waals surface area contributed by atoms with Crippen LogP contribution in [0.1, 0.15) is 6.92 Å². The van der Waals surface area contributed by atoms with E-state index < -0.39 is 0 Å². The Balaban J connectivity index is 3.12. The fourth-order valence-electron chi connectivity index (χ4n) is 1.37. The lowest BCUT2D eigenvalue weighted by molar-refractivity contribution is 0.689. The molecule has 0 aliphatic carbocycles. The van der Waals surface area contributed by atoms with E-state index in [0.717, 1.165) is 10.1 Å². The summed E-state index contributed by atoms with van der Waals surface area (Å²) in [5, 5.41) is 3.55. The molecule has 1 aromatic heterocycles. The molecule has 0 spiro atoms. The van der Waals surface area contributed by atoms with E-state index in [9.17, 15) is 9.59 Å². The Labute approximate surface area is 115 Å². The second-order valence-electron chi connectivity index (χ2n) is 4.21. The Morgan fingerprint density at radius 1 is 1.47 bits per heavy atom. The number of aromatic nitrogens is 2. The molecule has 19 heavy (non-hydrogen) atoms. The quantitative estimate of drug-likeness (QED) is 0.505. The smallest absolute Gasteiger partial charge is 0.329 e. The predicted molar refractivity (Wildman–Crippen MR) is 81.2 cm³/mol. The molecule has 1 heterocycles. The van der Waals surface area contributed by atoms with E-state index in [1.807, 2.05) is 13.2 Å². The van der Waals surface area contributed by atoms with E-state index in [0.29, 0.717) is 17.4 Å². The van der Waals surface area contributed by atoms with Crippen LogP contribution in [0.5, 0.6) is 0 Å². The van der Waals surface area contributed by atoms with Crippen molar-refractivity contribution in [3.8, 4) is 0 Å². The third kappa shape index (κ3) is 3.85. The van der Waals surface area contributed by atoms with Gasteiger partial charge < -0.3 is 9.88 Å². The van der Waals surface area contributed by atoms with Crippen molar-refractivity contribution >= 4 is 22.6 Å². The van der Waals surface area contributed by atoms with Crippen molar-refractivity contribution in [2.24, 2.45) is 19.1 Å². The van der Waals surface area contributed by atoms with E-state index in [-0.39, 0.29) is 11.2 Å². The van der Waals surface area contributed by atoms with Crippen LogP contribution in [-0.2, 0) is 14.1 Å². The summed E-state index contributed by atoms with van der Waals surface area (Å²) in [5.41, 5.74) is 0.515. The molecule has 1 aromatic rings. The Hall–Kier alpha value is -1.76. The van der Waals surface area contributed by atoms with Gasteiger partial charge in [-0.3, -0.25) is 14.4 Å². The Kier molecular flexibility index (Phi) is 5.17. The van der Waals surface area contributed by atoms with Crippen LogP contribution >= 0.6 is 11.8 Å². The highest BCUT2D eigenvalue weighted by molar-refractivity contribution is 8.13. The van der Waals surface area contributed by atoms with Gasteiger partial charge in [0.25, 0.3) is 5.56 Å². The predicted octanol–water partition coefficient (Wildman–Crippen LogP) is 0.791. The Morgan fingerprint density at radius 2 is 2.11 bits per heavy atom. The number of aliphatic imine (C=N–C) groups is 1. The molecular weight excluding hydrogens is 264 g/mol. The minimum Gasteiger partial charge on any atom is -0.329 e. The maximum Gasteiger partial charge on any atom is 0.330 e. The average Bonchev–Trinajstić information content (AvgIpc) is 2.37. The van der Waals surface area contributed by atoms with Crippen molar-refractivity contribution in [2.45, 2.75) is 6.92 Å². The van der Waals surface area contributed by atoms with Gasteiger partial charge in [0, 0.05) is 20.3 Å². The summed E-state index contributed by atoms with van der Waals surface area (Å²) < 4.78 is 2.40. The van der Waals surface area contributed by atoms with Gasteiger partial charge in [0.1, 0.15) is 5.69 Å². The average molecular weight is 282 g/mol. The number of amidine groups is 1. The first-order chi connectivity index (χ1) is 8.86. The van der Waals surface area contributed by atoms with Crippen molar-refractivity contribution in [1.82, 2.24) is 9.13 Å². The lowest BCUT2D eigenvalue weighted by atomic mass is 10.4. The Bertz CT molecular complexity index is 628. The fraction of sp³-hybridized carbons (Fsp3) is 0.417. The molecule has 104 valence electrons. The summed E-state index contributed by atoms with van der Waals surface area (Å²) in [7, 11) is 3.04. The van der Waals surface area contributed by atoms with Gasteiger partial charge in [0.05, 0.1) is 6.54 Å². The van der Waals surface area contributed by atoms with Crippen molar-refractivity contribution in [3.63, 3.8) is 0 Å². The maximum atomic E-state index is 11.9. The molecule has 7 heteroatoms. The Morgan fingerprint density at radius 3 is 2.63 bits per heavy atom. The molecule has 0 saturated carbocycles. The lowest BCUT2D eigenvalue weighted by Gasteiger charge is -2.10. The topological polar surface area (TPSA) is 68.4 Å². The largest absolute Gasteiger partial charge is 0.330 e. The molecule has 0 aliphatic heterocycles. The van der Waals surface area contributed by atoms with Gasteiger partial charge in [-0.25, -0.2) is 4.79 Å². The highest BCUT2D eigenvalue weighted by atomic mass is 32.2. The minimum atomic E-state index is -0.375. The molecule has 0 fully saturated rings. The number of nitrogens with one attached hydrogen (secondary N) is 1. The summed E-state index contributed by atoms with van der Waals surface area (Å²) in [6, 6.07) is 0. The van der Waals surface area contributed by atoms with Gasteiger partial charge >= 0.3 is 5.69 Å². The van der Waals surface area contributed by atoms with Crippen molar-refractivity contribution < 1.29 is 0 Å². The molecule has 0 bridgehead atoms. The number of thioether (sulfide) groups is 1. The van der Waals surface area contributed by atoms with Gasteiger partial charge in [-0.2, -0.15) is 0 Å². The summed E-state index contributed by atoms with van der Waals surface area (Å²) in [6.07, 6.45) is 3.33. The molecule has 0 atom stereocenters. The first-order valence-electron chi connectivity index (χ1n) is 5.63. The fourth-order valence-corrected chi connectivity index (χ4v) is 1.78. The van der Waals surface area contributed by atoms with Crippen molar-refractivity contribution in [2.75, 3.05) is 18.1 Å². The monoisotopic (exact) mass is 282 g/mol. The molecule has 0 amide bonds. The summed E-state index contributed by atoms with van der Waals surface area (Å²) in [6.45, 7) is 6.15. The van der Waals surface area contributed by atoms with Crippen LogP contribution in [0.15, 0.2) is 32.9 Å². The maximum absolute atomic E-state index is 11.9. The summed E-state index contributed by atoms with van der Waals surface area (Å²) >= 11 is 1.39. The molecule has 0 aliphatic rings. The van der Waals surface area contributed by atoms with Crippen LogP contribution in [0.3, 0.4) is 0 Å². The number of rotatable bonds is 3. The molecule has 0 saturated heterocycles. The van der Waals surface area contributed by atoms with Gasteiger partial charge in [0.2, 0.25) is 0 Å². The molecular formula is C12H18N4O2S. The van der Waals surface area contributed by atoms with E-state index >= 15 is 0 Å². The highest BCUT2D eigenvalue weighted by Crippen LogP contribution is 2.04. The zero-order valence-corrected chi connectivity index (χ0v) is 12.4. The SMILES string of the molecule is C=C(C)CN=C(Nc1cn(C)c(=O)n(C)c1=O)SC. The molecule has 0 aromatic carbocycles. The third-order valence-corrected chi connectivity index (χ3v) is 2.99. The molecule has 6 nitrogen and oxygen atoms in total. The van der Waals surface area contributed by atoms with E-state index in [1.165, 1.54) is 29.6 Å². The highest BCUT2D eigenvalue weighted by Gasteiger charge is 2.08. The third-order valence-electron chi connectivity index (χ3n) is 2.37. The van der Waals surface area contributed by atoms with Crippen LogP contribution in [0, 0.1) is 0 Å². The van der Waals surface area contributed by atoms with Gasteiger partial charge in [-0.15, -0.1) is 0 Å². The number of aryl methyl sites for hydroxylation is 1. The summed E-state index contributed by atoms with van der Waals surface area (Å²) in [4.78, 5) is 27.8. The normalized spacial score (nSPS) is 11.5. The second kappa shape index (κ2) is 6.42. The van der Waals surface area contributed by atoms with Crippen LogP contribution < -0.4 is 16.6 Å². The van der Waals surface area contributed by atoms with Crippen molar-refractivity contribution in [3.05, 3.63) is 39.2 Å². The lowest BCUT2D eigenvalue weighted by Crippen LogP contribution is -2.38. The number of hydrogen-bond acceptors (Lipinski definition) is 4. The van der Waals surface area contributed by atoms with E-state index in [4.69, 9.17) is 0 Å². The molecule has 1 N–H and O–H groups in total. The number of nitrogens with zero attached hydrogens (tertiary/aromatic N) is 3.